The van der Waals surface area contributed by atoms with Gasteiger partial charge in [-0.3, -0.25) is 0 Å². The number of hydrogen-bond acceptors (Lipinski definition) is 3. The van der Waals surface area contributed by atoms with E-state index in [1.54, 1.807) is 0 Å². The van der Waals surface area contributed by atoms with E-state index in [-0.39, 0.29) is 0 Å². The van der Waals surface area contributed by atoms with E-state index in [1.807, 2.05) is 38.1 Å². The number of para-hydroxylation sites is 1. The molecular weight excluding hydrogens is 254 g/mol. The van der Waals surface area contributed by atoms with Crippen LogP contribution in [0, 0.1) is 11.3 Å². The summed E-state index contributed by atoms with van der Waals surface area (Å²) in [6.45, 7) is 10.3. The van der Waals surface area contributed by atoms with Gasteiger partial charge in [0.05, 0.1) is 0 Å². The summed E-state index contributed by atoms with van der Waals surface area (Å²) in [6, 6.07) is 10.1. The molecule has 102 valence electrons. The molecule has 0 aromatic heterocycles. The SMILES string of the molecule is CC1(C)CC(C#N)(O[Si](C)(C)C)c2ccccc2O1. The van der Waals surface area contributed by atoms with Crippen LogP contribution in [0.5, 0.6) is 5.75 Å². The van der Waals surface area contributed by atoms with Crippen LogP contribution in [0.3, 0.4) is 0 Å². The largest absolute Gasteiger partial charge is 0.487 e. The summed E-state index contributed by atoms with van der Waals surface area (Å²) in [6.07, 6.45) is 0.553. The third-order valence-electron chi connectivity index (χ3n) is 3.04. The Morgan fingerprint density at radius 3 is 2.47 bits per heavy atom. The number of nitriles is 1. The molecule has 0 saturated carbocycles. The Morgan fingerprint density at radius 2 is 1.89 bits per heavy atom. The summed E-state index contributed by atoms with van der Waals surface area (Å²) in [4.78, 5) is 0. The Balaban J connectivity index is 2.57. The molecule has 19 heavy (non-hydrogen) atoms. The van der Waals surface area contributed by atoms with Crippen LogP contribution in [-0.2, 0) is 10.0 Å². The zero-order chi connectivity index (χ0) is 14.3. The van der Waals surface area contributed by atoms with Gasteiger partial charge < -0.3 is 9.16 Å². The highest BCUT2D eigenvalue weighted by molar-refractivity contribution is 6.69. The fourth-order valence-electron chi connectivity index (χ4n) is 2.65. The molecule has 1 heterocycles. The first-order valence-electron chi connectivity index (χ1n) is 6.57. The Hall–Kier alpha value is -1.31. The number of ether oxygens (including phenoxy) is 1. The van der Waals surface area contributed by atoms with E-state index in [2.05, 4.69) is 25.7 Å². The number of fused-ring (bicyclic) bond motifs is 1. The normalized spacial score (nSPS) is 25.1. The molecule has 1 aromatic carbocycles. The molecule has 1 aliphatic rings. The molecule has 0 aliphatic carbocycles. The summed E-state index contributed by atoms with van der Waals surface area (Å²) in [5, 5.41) is 9.78. The van der Waals surface area contributed by atoms with Gasteiger partial charge in [0, 0.05) is 12.0 Å². The predicted octanol–water partition coefficient (Wildman–Crippen LogP) is 3.82. The van der Waals surface area contributed by atoms with Crippen LogP contribution in [0.15, 0.2) is 24.3 Å². The average molecular weight is 275 g/mol. The fourth-order valence-corrected chi connectivity index (χ4v) is 3.93. The first-order valence-corrected chi connectivity index (χ1v) is 9.98. The smallest absolute Gasteiger partial charge is 0.186 e. The maximum Gasteiger partial charge on any atom is 0.186 e. The van der Waals surface area contributed by atoms with Crippen molar-refractivity contribution in [1.82, 2.24) is 0 Å². The van der Waals surface area contributed by atoms with Gasteiger partial charge in [-0.15, -0.1) is 0 Å². The highest BCUT2D eigenvalue weighted by atomic mass is 28.4. The van der Waals surface area contributed by atoms with Crippen LogP contribution < -0.4 is 4.74 Å². The van der Waals surface area contributed by atoms with E-state index in [0.717, 1.165) is 11.3 Å². The van der Waals surface area contributed by atoms with E-state index in [9.17, 15) is 5.26 Å². The van der Waals surface area contributed by atoms with Crippen LogP contribution in [0.2, 0.25) is 19.6 Å². The third-order valence-corrected chi connectivity index (χ3v) is 4.00. The minimum absolute atomic E-state index is 0.399. The van der Waals surface area contributed by atoms with Crippen molar-refractivity contribution in [3.63, 3.8) is 0 Å². The van der Waals surface area contributed by atoms with E-state index >= 15 is 0 Å². The standard InChI is InChI=1S/C15H21NO2Si/c1-14(2)10-15(11-16,18-19(3,4)5)12-8-6-7-9-13(12)17-14/h6-9H,10H2,1-5H3. The minimum atomic E-state index is -1.85. The van der Waals surface area contributed by atoms with Gasteiger partial charge in [0.25, 0.3) is 0 Å². The van der Waals surface area contributed by atoms with Gasteiger partial charge in [0.15, 0.2) is 13.9 Å². The van der Waals surface area contributed by atoms with Crippen molar-refractivity contribution in [2.45, 2.75) is 51.1 Å². The van der Waals surface area contributed by atoms with Crippen molar-refractivity contribution in [2.24, 2.45) is 0 Å². The van der Waals surface area contributed by atoms with Gasteiger partial charge in [-0.1, -0.05) is 18.2 Å². The van der Waals surface area contributed by atoms with Gasteiger partial charge in [-0.25, -0.2) is 0 Å². The predicted molar refractivity (Wildman–Crippen MR) is 77.5 cm³/mol. The van der Waals surface area contributed by atoms with Gasteiger partial charge in [0.2, 0.25) is 0 Å². The Labute approximate surface area is 116 Å². The van der Waals surface area contributed by atoms with Gasteiger partial charge >= 0.3 is 0 Å². The zero-order valence-corrected chi connectivity index (χ0v) is 13.3. The Bertz CT molecular complexity index is 528. The Kier molecular flexibility index (Phi) is 3.24. The maximum atomic E-state index is 9.78. The second-order valence-corrected chi connectivity index (χ2v) is 11.1. The molecule has 3 nitrogen and oxygen atoms in total. The monoisotopic (exact) mass is 275 g/mol. The van der Waals surface area contributed by atoms with Crippen molar-refractivity contribution in [2.75, 3.05) is 0 Å². The maximum absolute atomic E-state index is 9.78. The van der Waals surface area contributed by atoms with Crippen molar-refractivity contribution in [3.8, 4) is 11.8 Å². The molecular formula is C15H21NO2Si. The van der Waals surface area contributed by atoms with Crippen LogP contribution in [0.1, 0.15) is 25.8 Å². The van der Waals surface area contributed by atoms with Crippen LogP contribution >= 0.6 is 0 Å². The van der Waals surface area contributed by atoms with Gasteiger partial charge in [-0.05, 0) is 39.6 Å². The molecule has 0 radical (unpaired) electrons. The molecule has 1 aliphatic heterocycles. The molecule has 0 bridgehead atoms. The summed E-state index contributed by atoms with van der Waals surface area (Å²) < 4.78 is 12.3. The quantitative estimate of drug-likeness (QED) is 0.771. The zero-order valence-electron chi connectivity index (χ0n) is 12.3. The highest BCUT2D eigenvalue weighted by Gasteiger charge is 2.48. The lowest BCUT2D eigenvalue weighted by molar-refractivity contribution is -0.0181. The summed E-state index contributed by atoms with van der Waals surface area (Å²) in [7, 11) is -1.85. The first kappa shape index (κ1) is 14.1. The molecule has 0 fully saturated rings. The molecule has 0 saturated heterocycles. The third kappa shape index (κ3) is 2.83. The Morgan fingerprint density at radius 1 is 1.26 bits per heavy atom. The van der Waals surface area contributed by atoms with Crippen molar-refractivity contribution in [1.29, 1.82) is 5.26 Å². The number of hydrogen-bond donors (Lipinski definition) is 0. The molecule has 2 rings (SSSR count). The summed E-state index contributed by atoms with van der Waals surface area (Å²) in [5.41, 5.74) is -0.425. The first-order chi connectivity index (χ1) is 8.68. The van der Waals surface area contributed by atoms with Gasteiger partial charge in [0.1, 0.15) is 17.4 Å². The van der Waals surface area contributed by atoms with E-state index in [1.165, 1.54) is 0 Å². The molecule has 1 atom stereocenters. The van der Waals surface area contributed by atoms with Crippen molar-refractivity contribution >= 4 is 8.32 Å². The number of nitrogens with zero attached hydrogens (tertiary/aromatic N) is 1. The molecule has 0 amide bonds. The van der Waals surface area contributed by atoms with Crippen molar-refractivity contribution < 1.29 is 9.16 Å². The minimum Gasteiger partial charge on any atom is -0.487 e. The van der Waals surface area contributed by atoms with Crippen LogP contribution in [0.4, 0.5) is 0 Å². The van der Waals surface area contributed by atoms with Gasteiger partial charge in [-0.2, -0.15) is 5.26 Å². The average Bonchev–Trinajstić information content (AvgIpc) is 2.25. The second kappa shape index (κ2) is 4.36. The molecule has 1 unspecified atom stereocenters. The lowest BCUT2D eigenvalue weighted by Crippen LogP contribution is -2.49. The van der Waals surface area contributed by atoms with E-state index in [4.69, 9.17) is 9.16 Å². The number of benzene rings is 1. The topological polar surface area (TPSA) is 42.2 Å². The lowest BCUT2D eigenvalue weighted by atomic mass is 9.81. The molecule has 4 heteroatoms. The summed E-state index contributed by atoms with van der Waals surface area (Å²) in [5.74, 6) is 0.763. The highest BCUT2D eigenvalue weighted by Crippen LogP contribution is 2.46. The lowest BCUT2D eigenvalue weighted by Gasteiger charge is -2.44. The van der Waals surface area contributed by atoms with E-state index < -0.39 is 19.5 Å². The molecule has 1 aromatic rings. The fraction of sp³-hybridized carbons (Fsp3) is 0.533. The van der Waals surface area contributed by atoms with E-state index in [0.29, 0.717) is 6.42 Å². The number of rotatable bonds is 2. The second-order valence-electron chi connectivity index (χ2n) is 6.69. The van der Waals surface area contributed by atoms with Crippen LogP contribution in [0.25, 0.3) is 0 Å². The molecule has 0 N–H and O–H groups in total. The summed E-state index contributed by atoms with van der Waals surface area (Å²) >= 11 is 0. The van der Waals surface area contributed by atoms with Crippen LogP contribution in [-0.4, -0.2) is 13.9 Å². The molecule has 0 spiro atoms. The van der Waals surface area contributed by atoms with Crippen molar-refractivity contribution in [3.05, 3.63) is 29.8 Å².